The molecule has 0 aliphatic rings. The van der Waals surface area contributed by atoms with Gasteiger partial charge in [0, 0.05) is 11.6 Å². The van der Waals surface area contributed by atoms with E-state index in [-0.39, 0.29) is 0 Å². The molecule has 1 amide bonds. The Balaban J connectivity index is 3.34. The molecule has 1 aromatic rings. The smallest absolute Gasteiger partial charge is 0.254 e. The van der Waals surface area contributed by atoms with E-state index in [1.165, 1.54) is 0 Å². The molecule has 0 saturated heterocycles. The van der Waals surface area contributed by atoms with E-state index >= 15 is 0 Å². The number of benzene rings is 1. The van der Waals surface area contributed by atoms with Crippen molar-refractivity contribution in [3.05, 3.63) is 29.3 Å². The van der Waals surface area contributed by atoms with E-state index in [4.69, 9.17) is 5.14 Å². The van der Waals surface area contributed by atoms with Crippen LogP contribution in [0.15, 0.2) is 17.0 Å². The van der Waals surface area contributed by atoms with Gasteiger partial charge in [0.1, 0.15) is 16.5 Å². The van der Waals surface area contributed by atoms with Crippen molar-refractivity contribution in [1.82, 2.24) is 5.32 Å². The Bertz CT molecular complexity index is 622. The molecule has 0 spiro atoms. The molecule has 0 aromatic heterocycles. The summed E-state index contributed by atoms with van der Waals surface area (Å²) >= 11 is 0. The molecule has 1 aromatic carbocycles. The average molecular weight is 292 g/mol. The van der Waals surface area contributed by atoms with E-state index in [1.807, 2.05) is 0 Å². The minimum absolute atomic E-state index is 0.317. The van der Waals surface area contributed by atoms with E-state index in [1.54, 1.807) is 20.8 Å². The summed E-state index contributed by atoms with van der Waals surface area (Å²) in [5, 5.41) is 7.22. The number of hydrogen-bond donors (Lipinski definition) is 2. The van der Waals surface area contributed by atoms with Crippen LogP contribution in [0.1, 0.15) is 31.1 Å². The standard InChI is InChI=1S/C11H14F2N2O3S/c1-11(2,3)15-10(16)6-4-9(19(14,17)18)8(13)5-7(6)12/h4-5H,1-3H3,(H,15,16)(H2,14,17,18). The first-order valence-electron chi connectivity index (χ1n) is 5.26. The number of halogens is 2. The van der Waals surface area contributed by atoms with Crippen LogP contribution in [0.4, 0.5) is 8.78 Å². The van der Waals surface area contributed by atoms with Crippen molar-refractivity contribution in [2.24, 2.45) is 5.14 Å². The Morgan fingerprint density at radius 3 is 2.16 bits per heavy atom. The first-order valence-corrected chi connectivity index (χ1v) is 6.81. The first-order chi connectivity index (χ1) is 8.42. The molecule has 5 nitrogen and oxygen atoms in total. The summed E-state index contributed by atoms with van der Waals surface area (Å²) in [5.41, 5.74) is -1.24. The maximum Gasteiger partial charge on any atom is 0.254 e. The molecule has 8 heteroatoms. The van der Waals surface area contributed by atoms with Crippen LogP contribution in [0, 0.1) is 11.6 Å². The summed E-state index contributed by atoms with van der Waals surface area (Å²) in [6, 6.07) is 0.901. The second kappa shape index (κ2) is 4.86. The molecule has 19 heavy (non-hydrogen) atoms. The van der Waals surface area contributed by atoms with Crippen molar-refractivity contribution in [2.45, 2.75) is 31.2 Å². The predicted molar refractivity (Wildman–Crippen MR) is 65.0 cm³/mol. The lowest BCUT2D eigenvalue weighted by atomic mass is 10.1. The number of rotatable bonds is 2. The predicted octanol–water partition coefficient (Wildman–Crippen LogP) is 1.14. The summed E-state index contributed by atoms with van der Waals surface area (Å²) in [4.78, 5) is 10.8. The monoisotopic (exact) mass is 292 g/mol. The number of amides is 1. The fourth-order valence-corrected chi connectivity index (χ4v) is 1.94. The van der Waals surface area contributed by atoms with Gasteiger partial charge in [-0.3, -0.25) is 4.79 Å². The van der Waals surface area contributed by atoms with Crippen LogP contribution in [0.5, 0.6) is 0 Å². The molecule has 106 valence electrons. The Morgan fingerprint density at radius 1 is 1.21 bits per heavy atom. The minimum Gasteiger partial charge on any atom is -0.347 e. The lowest BCUT2D eigenvalue weighted by Gasteiger charge is -2.20. The quantitative estimate of drug-likeness (QED) is 0.856. The normalized spacial score (nSPS) is 12.3. The van der Waals surface area contributed by atoms with Crippen LogP contribution >= 0.6 is 0 Å². The van der Waals surface area contributed by atoms with Crippen molar-refractivity contribution < 1.29 is 22.0 Å². The molecule has 3 N–H and O–H groups in total. The van der Waals surface area contributed by atoms with Crippen LogP contribution < -0.4 is 10.5 Å². The van der Waals surface area contributed by atoms with Gasteiger partial charge in [0.15, 0.2) is 0 Å². The van der Waals surface area contributed by atoms with Gasteiger partial charge in [0.25, 0.3) is 5.91 Å². The molecule has 0 atom stereocenters. The average Bonchev–Trinajstić information content (AvgIpc) is 2.11. The van der Waals surface area contributed by atoms with E-state index in [2.05, 4.69) is 5.32 Å². The van der Waals surface area contributed by atoms with Gasteiger partial charge in [0.05, 0.1) is 5.56 Å². The fourth-order valence-electron chi connectivity index (χ4n) is 1.33. The molecule has 0 saturated carbocycles. The maximum absolute atomic E-state index is 13.5. The second-order valence-corrected chi connectivity index (χ2v) is 6.54. The summed E-state index contributed by atoms with van der Waals surface area (Å²) < 4.78 is 49.0. The van der Waals surface area contributed by atoms with Gasteiger partial charge in [-0.05, 0) is 26.8 Å². The number of nitrogens with one attached hydrogen (secondary N) is 1. The highest BCUT2D eigenvalue weighted by molar-refractivity contribution is 7.89. The van der Waals surface area contributed by atoms with Crippen LogP contribution in [0.2, 0.25) is 0 Å². The molecule has 0 aliphatic heterocycles. The number of nitrogens with two attached hydrogens (primary N) is 1. The highest BCUT2D eigenvalue weighted by Gasteiger charge is 2.23. The van der Waals surface area contributed by atoms with Gasteiger partial charge in [-0.2, -0.15) is 0 Å². The Morgan fingerprint density at radius 2 is 1.74 bits per heavy atom. The zero-order valence-electron chi connectivity index (χ0n) is 10.6. The van der Waals surface area contributed by atoms with Crippen molar-refractivity contribution in [1.29, 1.82) is 0 Å². The van der Waals surface area contributed by atoms with Gasteiger partial charge in [-0.25, -0.2) is 22.3 Å². The molecule has 0 aliphatic carbocycles. The van der Waals surface area contributed by atoms with Crippen LogP contribution in [0.25, 0.3) is 0 Å². The molecule has 0 heterocycles. The molecule has 0 unspecified atom stereocenters. The SMILES string of the molecule is CC(C)(C)NC(=O)c1cc(S(N)(=O)=O)c(F)cc1F. The topological polar surface area (TPSA) is 89.3 Å². The summed E-state index contributed by atoms with van der Waals surface area (Å²) in [5.74, 6) is -3.35. The summed E-state index contributed by atoms with van der Waals surface area (Å²) in [7, 11) is -4.37. The number of carbonyl (C=O) groups excluding carboxylic acids is 1. The lowest BCUT2D eigenvalue weighted by molar-refractivity contribution is 0.0915. The highest BCUT2D eigenvalue weighted by Crippen LogP contribution is 2.19. The van der Waals surface area contributed by atoms with Crippen molar-refractivity contribution >= 4 is 15.9 Å². The minimum atomic E-state index is -4.37. The maximum atomic E-state index is 13.5. The summed E-state index contributed by atoms with van der Waals surface area (Å²) in [6.07, 6.45) is 0. The molecular weight excluding hydrogens is 278 g/mol. The Labute approximate surface area is 109 Å². The van der Waals surface area contributed by atoms with Crippen molar-refractivity contribution in [2.75, 3.05) is 0 Å². The third kappa shape index (κ3) is 3.97. The molecule has 0 bridgehead atoms. The summed E-state index contributed by atoms with van der Waals surface area (Å²) in [6.45, 7) is 4.98. The van der Waals surface area contributed by atoms with E-state index in [0.29, 0.717) is 12.1 Å². The Kier molecular flexibility index (Phi) is 3.97. The number of hydrogen-bond acceptors (Lipinski definition) is 3. The third-order valence-corrected chi connectivity index (χ3v) is 2.99. The zero-order valence-corrected chi connectivity index (χ0v) is 11.4. The second-order valence-electron chi connectivity index (χ2n) is 5.01. The van der Waals surface area contributed by atoms with Gasteiger partial charge in [-0.1, -0.05) is 0 Å². The zero-order chi connectivity index (χ0) is 15.0. The Hall–Kier alpha value is -1.54. The highest BCUT2D eigenvalue weighted by atomic mass is 32.2. The van der Waals surface area contributed by atoms with E-state index < -0.39 is 43.6 Å². The molecule has 1 rings (SSSR count). The van der Waals surface area contributed by atoms with E-state index in [9.17, 15) is 22.0 Å². The van der Waals surface area contributed by atoms with Crippen LogP contribution in [-0.4, -0.2) is 19.9 Å². The van der Waals surface area contributed by atoms with Crippen LogP contribution in [0.3, 0.4) is 0 Å². The number of sulfonamides is 1. The molecular formula is C11H14F2N2O3S. The molecule has 0 fully saturated rings. The first kappa shape index (κ1) is 15.5. The van der Waals surface area contributed by atoms with Gasteiger partial charge >= 0.3 is 0 Å². The van der Waals surface area contributed by atoms with Gasteiger partial charge in [-0.15, -0.1) is 0 Å². The van der Waals surface area contributed by atoms with Crippen molar-refractivity contribution in [3.63, 3.8) is 0 Å². The van der Waals surface area contributed by atoms with E-state index in [0.717, 1.165) is 0 Å². The number of primary sulfonamides is 1. The number of carbonyl (C=O) groups is 1. The van der Waals surface area contributed by atoms with Gasteiger partial charge in [0.2, 0.25) is 10.0 Å². The van der Waals surface area contributed by atoms with Crippen LogP contribution in [-0.2, 0) is 10.0 Å². The fraction of sp³-hybridized carbons (Fsp3) is 0.364. The van der Waals surface area contributed by atoms with Gasteiger partial charge < -0.3 is 5.32 Å². The molecule has 0 radical (unpaired) electrons. The largest absolute Gasteiger partial charge is 0.347 e. The third-order valence-electron chi connectivity index (χ3n) is 2.06. The van der Waals surface area contributed by atoms with Crippen molar-refractivity contribution in [3.8, 4) is 0 Å². The lowest BCUT2D eigenvalue weighted by Crippen LogP contribution is -2.41.